The quantitative estimate of drug-likeness (QED) is 0.669. The van der Waals surface area contributed by atoms with Crippen LogP contribution < -0.4 is 20.1 Å². The molecule has 7 heteroatoms. The highest BCUT2D eigenvalue weighted by Gasteiger charge is 2.12. The molecule has 7 nitrogen and oxygen atoms in total. The predicted molar refractivity (Wildman–Crippen MR) is 103 cm³/mol. The predicted octanol–water partition coefficient (Wildman–Crippen LogP) is 3.36. The summed E-state index contributed by atoms with van der Waals surface area (Å²) in [5.74, 6) is 0.831. The van der Waals surface area contributed by atoms with Gasteiger partial charge in [0.15, 0.2) is 0 Å². The monoisotopic (exact) mass is 364 g/mol. The molecule has 0 aliphatic rings. The maximum absolute atomic E-state index is 12.4. The van der Waals surface area contributed by atoms with Crippen LogP contribution in [0.4, 0.5) is 11.4 Å². The van der Waals surface area contributed by atoms with Crippen LogP contribution in [0.1, 0.15) is 16.2 Å². The number of nitrogens with one attached hydrogen (secondary N) is 2. The van der Waals surface area contributed by atoms with E-state index in [1.165, 1.54) is 7.11 Å². The van der Waals surface area contributed by atoms with E-state index < -0.39 is 0 Å². The van der Waals surface area contributed by atoms with Crippen molar-refractivity contribution in [1.29, 1.82) is 0 Å². The Bertz CT molecular complexity index is 899. The number of pyridine rings is 2. The van der Waals surface area contributed by atoms with Crippen LogP contribution >= 0.6 is 0 Å². The van der Waals surface area contributed by atoms with E-state index >= 15 is 0 Å². The van der Waals surface area contributed by atoms with Gasteiger partial charge in [-0.3, -0.25) is 9.78 Å². The maximum Gasteiger partial charge on any atom is 0.274 e. The van der Waals surface area contributed by atoms with Gasteiger partial charge >= 0.3 is 0 Å². The summed E-state index contributed by atoms with van der Waals surface area (Å²) in [5.41, 5.74) is 2.57. The van der Waals surface area contributed by atoms with Gasteiger partial charge in [-0.25, -0.2) is 4.98 Å². The number of aromatic nitrogens is 2. The summed E-state index contributed by atoms with van der Waals surface area (Å²) in [6, 6.07) is 14.4. The van der Waals surface area contributed by atoms with Crippen molar-refractivity contribution in [2.24, 2.45) is 0 Å². The maximum atomic E-state index is 12.4. The molecule has 0 bridgehead atoms. The van der Waals surface area contributed by atoms with Crippen LogP contribution in [0.15, 0.2) is 60.9 Å². The zero-order chi connectivity index (χ0) is 19.1. The number of benzene rings is 1. The lowest BCUT2D eigenvalue weighted by molar-refractivity contribution is 0.102. The van der Waals surface area contributed by atoms with Crippen molar-refractivity contribution < 1.29 is 14.3 Å². The summed E-state index contributed by atoms with van der Waals surface area (Å²) in [7, 11) is 3.10. The van der Waals surface area contributed by atoms with E-state index in [0.717, 1.165) is 11.4 Å². The van der Waals surface area contributed by atoms with Gasteiger partial charge in [-0.15, -0.1) is 0 Å². The normalized spacial score (nSPS) is 10.1. The second kappa shape index (κ2) is 8.66. The highest BCUT2D eigenvalue weighted by Crippen LogP contribution is 2.29. The smallest absolute Gasteiger partial charge is 0.274 e. The van der Waals surface area contributed by atoms with E-state index in [4.69, 9.17) is 9.47 Å². The molecule has 0 unspecified atom stereocenters. The Morgan fingerprint density at radius 3 is 2.59 bits per heavy atom. The number of nitrogens with zero attached hydrogens (tertiary/aromatic N) is 2. The fraction of sp³-hybridized carbons (Fsp3) is 0.150. The van der Waals surface area contributed by atoms with Crippen LogP contribution in [0.3, 0.4) is 0 Å². The highest BCUT2D eigenvalue weighted by atomic mass is 16.5. The molecular weight excluding hydrogens is 344 g/mol. The summed E-state index contributed by atoms with van der Waals surface area (Å²) < 4.78 is 10.4. The van der Waals surface area contributed by atoms with Crippen molar-refractivity contribution in [2.45, 2.75) is 6.54 Å². The van der Waals surface area contributed by atoms with Crippen LogP contribution in [-0.4, -0.2) is 30.1 Å². The Labute approximate surface area is 157 Å². The van der Waals surface area contributed by atoms with Gasteiger partial charge in [0, 0.05) is 12.3 Å². The van der Waals surface area contributed by atoms with Gasteiger partial charge in [0.1, 0.15) is 17.2 Å². The van der Waals surface area contributed by atoms with Gasteiger partial charge in [-0.2, -0.15) is 0 Å². The fourth-order valence-electron chi connectivity index (χ4n) is 2.42. The summed E-state index contributed by atoms with van der Waals surface area (Å²) in [6.07, 6.45) is 3.36. The average Bonchev–Trinajstić information content (AvgIpc) is 2.73. The molecule has 2 heterocycles. The molecule has 138 valence electrons. The van der Waals surface area contributed by atoms with Gasteiger partial charge in [-0.1, -0.05) is 6.07 Å². The number of anilines is 2. The van der Waals surface area contributed by atoms with E-state index in [0.29, 0.717) is 29.4 Å². The Hall–Kier alpha value is -3.61. The molecule has 0 aliphatic heterocycles. The number of ether oxygens (including phenoxy) is 2. The first-order valence-electron chi connectivity index (χ1n) is 8.33. The van der Waals surface area contributed by atoms with E-state index in [2.05, 4.69) is 20.6 Å². The van der Waals surface area contributed by atoms with Crippen molar-refractivity contribution in [3.8, 4) is 11.5 Å². The number of carbonyl (C=O) groups excluding carboxylic acids is 1. The van der Waals surface area contributed by atoms with E-state index in [1.807, 2.05) is 18.2 Å². The Morgan fingerprint density at radius 2 is 1.93 bits per heavy atom. The van der Waals surface area contributed by atoms with Crippen molar-refractivity contribution in [3.63, 3.8) is 0 Å². The Morgan fingerprint density at radius 1 is 1.04 bits per heavy atom. The molecule has 0 atom stereocenters. The third-order valence-corrected chi connectivity index (χ3v) is 3.85. The largest absolute Gasteiger partial charge is 0.497 e. The summed E-state index contributed by atoms with van der Waals surface area (Å²) in [6.45, 7) is 0.580. The van der Waals surface area contributed by atoms with E-state index in [9.17, 15) is 4.79 Å². The zero-order valence-electron chi connectivity index (χ0n) is 15.1. The van der Waals surface area contributed by atoms with Crippen LogP contribution in [0.5, 0.6) is 11.5 Å². The topological polar surface area (TPSA) is 85.4 Å². The van der Waals surface area contributed by atoms with Crippen LogP contribution in [0.25, 0.3) is 0 Å². The molecule has 0 fully saturated rings. The molecule has 3 rings (SSSR count). The lowest BCUT2D eigenvalue weighted by Crippen LogP contribution is -2.14. The minimum Gasteiger partial charge on any atom is -0.497 e. The summed E-state index contributed by atoms with van der Waals surface area (Å²) >= 11 is 0. The van der Waals surface area contributed by atoms with Crippen molar-refractivity contribution in [2.75, 3.05) is 24.9 Å². The molecule has 0 radical (unpaired) electrons. The van der Waals surface area contributed by atoms with Crippen LogP contribution in [0, 0.1) is 0 Å². The average molecular weight is 364 g/mol. The third kappa shape index (κ3) is 4.72. The number of hydrogen-bond donors (Lipinski definition) is 2. The van der Waals surface area contributed by atoms with Crippen molar-refractivity contribution in [1.82, 2.24) is 9.97 Å². The molecule has 2 aromatic heterocycles. The molecule has 27 heavy (non-hydrogen) atoms. The highest BCUT2D eigenvalue weighted by molar-refractivity contribution is 6.03. The first kappa shape index (κ1) is 18.2. The second-order valence-electron chi connectivity index (χ2n) is 5.63. The molecule has 3 aromatic rings. The summed E-state index contributed by atoms with van der Waals surface area (Å²) in [5, 5.41) is 6.01. The Kier molecular flexibility index (Phi) is 5.84. The molecule has 1 aromatic carbocycles. The van der Waals surface area contributed by atoms with Crippen molar-refractivity contribution in [3.05, 3.63) is 72.3 Å². The Balaban J connectivity index is 1.64. The van der Waals surface area contributed by atoms with Gasteiger partial charge in [-0.05, 0) is 36.4 Å². The third-order valence-electron chi connectivity index (χ3n) is 3.85. The molecular formula is C20H20N4O3. The zero-order valence-corrected chi connectivity index (χ0v) is 15.1. The lowest BCUT2D eigenvalue weighted by atomic mass is 10.2. The van der Waals surface area contributed by atoms with Gasteiger partial charge in [0.25, 0.3) is 5.91 Å². The SMILES string of the molecule is COc1ccc(NC(=O)c2ccc(NCc3ccccn3)cn2)c(OC)c1. The number of rotatable bonds is 7. The fourth-order valence-corrected chi connectivity index (χ4v) is 2.42. The van der Waals surface area contributed by atoms with Gasteiger partial charge in [0.2, 0.25) is 0 Å². The number of carbonyl (C=O) groups is 1. The van der Waals surface area contributed by atoms with E-state index in [1.54, 1.807) is 49.8 Å². The first-order valence-corrected chi connectivity index (χ1v) is 8.33. The minimum atomic E-state index is -0.324. The number of amides is 1. The van der Waals surface area contributed by atoms with Crippen LogP contribution in [0.2, 0.25) is 0 Å². The number of hydrogen-bond acceptors (Lipinski definition) is 6. The molecule has 1 amide bonds. The van der Waals surface area contributed by atoms with Crippen molar-refractivity contribution >= 4 is 17.3 Å². The van der Waals surface area contributed by atoms with Gasteiger partial charge in [0.05, 0.1) is 44.0 Å². The molecule has 2 N–H and O–H groups in total. The van der Waals surface area contributed by atoms with Gasteiger partial charge < -0.3 is 20.1 Å². The second-order valence-corrected chi connectivity index (χ2v) is 5.63. The summed E-state index contributed by atoms with van der Waals surface area (Å²) in [4.78, 5) is 20.9. The standard InChI is InChI=1S/C20H20N4O3/c1-26-16-7-9-17(19(11-16)27-2)24-20(25)18-8-6-15(13-23-18)22-12-14-5-3-4-10-21-14/h3-11,13,22H,12H2,1-2H3,(H,24,25). The number of methoxy groups -OCH3 is 2. The molecule has 0 saturated carbocycles. The minimum absolute atomic E-state index is 0.302. The van der Waals surface area contributed by atoms with E-state index in [-0.39, 0.29) is 5.91 Å². The lowest BCUT2D eigenvalue weighted by Gasteiger charge is -2.11. The van der Waals surface area contributed by atoms with Crippen LogP contribution in [-0.2, 0) is 6.54 Å². The molecule has 0 spiro atoms. The molecule has 0 aliphatic carbocycles. The molecule has 0 saturated heterocycles. The first-order chi connectivity index (χ1) is 13.2.